The van der Waals surface area contributed by atoms with Gasteiger partial charge in [0.25, 0.3) is 0 Å². The van der Waals surface area contributed by atoms with Crippen LogP contribution in [0.4, 0.5) is 0 Å². The fourth-order valence-electron chi connectivity index (χ4n) is 1.28. The molecule has 0 saturated heterocycles. The predicted molar refractivity (Wildman–Crippen MR) is 72.3 cm³/mol. The number of amides is 2. The van der Waals surface area contributed by atoms with Crippen LogP contribution in [0.1, 0.15) is 12.0 Å². The van der Waals surface area contributed by atoms with Crippen LogP contribution in [-0.4, -0.2) is 17.9 Å². The fraction of sp³-hybridized carbons (Fsp3) is 0.273. The smallest absolute Gasteiger partial charge is 0.237 e. The fourth-order valence-corrected chi connectivity index (χ4v) is 1.49. The number of benzene rings is 1. The quantitative estimate of drug-likeness (QED) is 0.740. The van der Waals surface area contributed by atoms with E-state index in [4.69, 9.17) is 23.1 Å². The molecule has 1 aromatic rings. The Labute approximate surface area is 116 Å². The summed E-state index contributed by atoms with van der Waals surface area (Å²) in [5.41, 5.74) is 11.3. The first-order valence-corrected chi connectivity index (χ1v) is 5.43. The standard InChI is InChI=1S/C11H14ClN3O2.ClH/c12-8-3-1-2-7(4-8)6-15-11(17)9(13)5-10(14)16;/h1-4,9H,5-6,13H2,(H2,14,16)(H,15,17);1H. The highest BCUT2D eigenvalue weighted by molar-refractivity contribution is 6.30. The summed E-state index contributed by atoms with van der Waals surface area (Å²) in [7, 11) is 0. The molecule has 2 amide bonds. The lowest BCUT2D eigenvalue weighted by atomic mass is 10.2. The van der Waals surface area contributed by atoms with Crippen molar-refractivity contribution in [2.45, 2.75) is 19.0 Å². The van der Waals surface area contributed by atoms with Crippen molar-refractivity contribution >= 4 is 35.8 Å². The van der Waals surface area contributed by atoms with Crippen LogP contribution in [0.25, 0.3) is 0 Å². The number of hydrogen-bond acceptors (Lipinski definition) is 3. The molecule has 0 heterocycles. The molecule has 1 rings (SSSR count). The minimum Gasteiger partial charge on any atom is -0.370 e. The monoisotopic (exact) mass is 291 g/mol. The van der Waals surface area contributed by atoms with E-state index in [2.05, 4.69) is 5.32 Å². The number of rotatable bonds is 5. The summed E-state index contributed by atoms with van der Waals surface area (Å²) in [5.74, 6) is -1.01. The molecule has 18 heavy (non-hydrogen) atoms. The first-order chi connectivity index (χ1) is 7.99. The maximum atomic E-state index is 11.5. The highest BCUT2D eigenvalue weighted by Gasteiger charge is 2.15. The molecule has 5 N–H and O–H groups in total. The maximum Gasteiger partial charge on any atom is 0.237 e. The van der Waals surface area contributed by atoms with Crippen molar-refractivity contribution in [3.63, 3.8) is 0 Å². The molecule has 0 bridgehead atoms. The van der Waals surface area contributed by atoms with Crippen molar-refractivity contribution in [1.29, 1.82) is 0 Å². The molecule has 1 aromatic carbocycles. The molecular weight excluding hydrogens is 277 g/mol. The van der Waals surface area contributed by atoms with Crippen molar-refractivity contribution in [3.05, 3.63) is 34.9 Å². The van der Waals surface area contributed by atoms with Crippen LogP contribution < -0.4 is 16.8 Å². The van der Waals surface area contributed by atoms with E-state index in [9.17, 15) is 9.59 Å². The van der Waals surface area contributed by atoms with Crippen LogP contribution >= 0.6 is 24.0 Å². The highest BCUT2D eigenvalue weighted by atomic mass is 35.5. The molecular formula is C11H15Cl2N3O2. The van der Waals surface area contributed by atoms with Gasteiger partial charge in [0.1, 0.15) is 0 Å². The van der Waals surface area contributed by atoms with E-state index in [1.165, 1.54) is 0 Å². The predicted octanol–water partition coefficient (Wildman–Crippen LogP) is 0.581. The average Bonchev–Trinajstić information content (AvgIpc) is 2.25. The molecule has 0 aliphatic rings. The second kappa shape index (κ2) is 7.92. The minimum absolute atomic E-state index is 0. The third-order valence-electron chi connectivity index (χ3n) is 2.11. The molecule has 0 radical (unpaired) electrons. The van der Waals surface area contributed by atoms with E-state index >= 15 is 0 Å². The van der Waals surface area contributed by atoms with Crippen LogP contribution in [0.15, 0.2) is 24.3 Å². The largest absolute Gasteiger partial charge is 0.370 e. The highest BCUT2D eigenvalue weighted by Crippen LogP contribution is 2.10. The van der Waals surface area contributed by atoms with Gasteiger partial charge in [0, 0.05) is 11.6 Å². The van der Waals surface area contributed by atoms with Crippen LogP contribution in [0.3, 0.4) is 0 Å². The summed E-state index contributed by atoms with van der Waals surface area (Å²) in [6.07, 6.45) is -0.165. The van der Waals surface area contributed by atoms with Gasteiger partial charge in [0.2, 0.25) is 11.8 Å². The van der Waals surface area contributed by atoms with Crippen LogP contribution in [0, 0.1) is 0 Å². The van der Waals surface area contributed by atoms with Crippen LogP contribution in [0.5, 0.6) is 0 Å². The summed E-state index contributed by atoms with van der Waals surface area (Å²) in [6.45, 7) is 0.311. The van der Waals surface area contributed by atoms with Gasteiger partial charge in [-0.3, -0.25) is 9.59 Å². The number of carbonyl (C=O) groups excluding carboxylic acids is 2. The molecule has 0 spiro atoms. The van der Waals surface area contributed by atoms with E-state index in [1.54, 1.807) is 18.2 Å². The molecule has 0 aliphatic carbocycles. The lowest BCUT2D eigenvalue weighted by Gasteiger charge is -2.10. The average molecular weight is 292 g/mol. The Balaban J connectivity index is 0.00000289. The van der Waals surface area contributed by atoms with E-state index in [1.807, 2.05) is 6.07 Å². The van der Waals surface area contributed by atoms with Crippen LogP contribution in [-0.2, 0) is 16.1 Å². The van der Waals surface area contributed by atoms with Gasteiger partial charge in [-0.25, -0.2) is 0 Å². The van der Waals surface area contributed by atoms with Gasteiger partial charge in [-0.2, -0.15) is 0 Å². The Hall–Kier alpha value is -1.30. The van der Waals surface area contributed by atoms with Crippen molar-refractivity contribution in [3.8, 4) is 0 Å². The second-order valence-electron chi connectivity index (χ2n) is 3.62. The van der Waals surface area contributed by atoms with E-state index in [0.29, 0.717) is 11.6 Å². The number of nitrogens with two attached hydrogens (primary N) is 2. The molecule has 0 saturated carbocycles. The van der Waals surface area contributed by atoms with Crippen molar-refractivity contribution in [1.82, 2.24) is 5.32 Å². The van der Waals surface area contributed by atoms with Crippen molar-refractivity contribution < 1.29 is 9.59 Å². The number of carbonyl (C=O) groups is 2. The SMILES string of the molecule is Cl.NC(=O)CC(N)C(=O)NCc1cccc(Cl)c1. The molecule has 0 aromatic heterocycles. The van der Waals surface area contributed by atoms with E-state index in [-0.39, 0.29) is 18.8 Å². The Morgan fingerprint density at radius 3 is 2.61 bits per heavy atom. The van der Waals surface area contributed by atoms with Gasteiger partial charge in [-0.15, -0.1) is 12.4 Å². The van der Waals surface area contributed by atoms with Gasteiger partial charge in [-0.1, -0.05) is 23.7 Å². The molecule has 0 aliphatic heterocycles. The minimum atomic E-state index is -0.910. The van der Waals surface area contributed by atoms with Gasteiger partial charge in [0.05, 0.1) is 12.5 Å². The third kappa shape index (κ3) is 5.86. The zero-order valence-electron chi connectivity index (χ0n) is 9.56. The number of nitrogens with one attached hydrogen (secondary N) is 1. The summed E-state index contributed by atoms with van der Waals surface area (Å²) in [6, 6.07) is 6.18. The molecule has 100 valence electrons. The van der Waals surface area contributed by atoms with Gasteiger partial charge < -0.3 is 16.8 Å². The number of hydrogen-bond donors (Lipinski definition) is 3. The van der Waals surface area contributed by atoms with Gasteiger partial charge in [-0.05, 0) is 17.7 Å². The first-order valence-electron chi connectivity index (χ1n) is 5.05. The van der Waals surface area contributed by atoms with Crippen molar-refractivity contribution in [2.75, 3.05) is 0 Å². The Bertz CT molecular complexity index is 427. The second-order valence-corrected chi connectivity index (χ2v) is 4.06. The summed E-state index contributed by atoms with van der Waals surface area (Å²) < 4.78 is 0. The lowest BCUT2D eigenvalue weighted by Crippen LogP contribution is -2.42. The summed E-state index contributed by atoms with van der Waals surface area (Å²) in [4.78, 5) is 22.0. The molecule has 5 nitrogen and oxygen atoms in total. The maximum absolute atomic E-state index is 11.5. The van der Waals surface area contributed by atoms with Gasteiger partial charge in [0.15, 0.2) is 0 Å². The van der Waals surface area contributed by atoms with E-state index in [0.717, 1.165) is 5.56 Å². The normalized spacial score (nSPS) is 11.2. The summed E-state index contributed by atoms with van der Waals surface area (Å²) in [5, 5.41) is 3.20. The number of halogens is 2. The first kappa shape index (κ1) is 16.7. The zero-order valence-corrected chi connectivity index (χ0v) is 11.1. The Morgan fingerprint density at radius 1 is 1.39 bits per heavy atom. The number of primary amides is 1. The summed E-state index contributed by atoms with van der Waals surface area (Å²) >= 11 is 5.79. The third-order valence-corrected chi connectivity index (χ3v) is 2.35. The molecule has 0 fully saturated rings. The van der Waals surface area contributed by atoms with Gasteiger partial charge >= 0.3 is 0 Å². The molecule has 1 unspecified atom stereocenters. The Morgan fingerprint density at radius 2 is 2.06 bits per heavy atom. The van der Waals surface area contributed by atoms with Crippen molar-refractivity contribution in [2.24, 2.45) is 11.5 Å². The van der Waals surface area contributed by atoms with E-state index < -0.39 is 17.9 Å². The topological polar surface area (TPSA) is 98.2 Å². The molecule has 7 heteroatoms. The molecule has 1 atom stereocenters. The van der Waals surface area contributed by atoms with Crippen LogP contribution in [0.2, 0.25) is 5.02 Å². The lowest BCUT2D eigenvalue weighted by molar-refractivity contribution is -0.126. The Kier molecular flexibility index (Phi) is 7.35. The zero-order chi connectivity index (χ0) is 12.8.